The molecule has 0 bridgehead atoms. The van der Waals surface area contributed by atoms with E-state index in [9.17, 15) is 13.5 Å². The van der Waals surface area contributed by atoms with Gasteiger partial charge in [0.25, 0.3) is 15.9 Å². The molecule has 0 radical (unpaired) electrons. The molecule has 11 heteroatoms. The number of imidazole rings is 1. The Bertz CT molecular complexity index is 1060. The third kappa shape index (κ3) is 2.53. The lowest BCUT2D eigenvalue weighted by Gasteiger charge is -2.19. The minimum atomic E-state index is -3.97. The fourth-order valence-electron chi connectivity index (χ4n) is 2.92. The molecule has 0 aliphatic carbocycles. The van der Waals surface area contributed by atoms with Gasteiger partial charge in [-0.05, 0) is 19.1 Å². The summed E-state index contributed by atoms with van der Waals surface area (Å²) in [5.74, 6) is 0.376. The number of β-amino-alcohol motifs (C(OH)–C–C–N with tert-alkyl or cyclic N) is 1. The number of aliphatic hydroxyl groups is 1. The van der Waals surface area contributed by atoms with E-state index in [2.05, 4.69) is 15.1 Å². The van der Waals surface area contributed by atoms with E-state index in [0.29, 0.717) is 11.5 Å². The molecular weight excluding hydrogens is 370 g/mol. The van der Waals surface area contributed by atoms with Gasteiger partial charge >= 0.3 is 0 Å². The first-order chi connectivity index (χ1) is 11.8. The van der Waals surface area contributed by atoms with Crippen molar-refractivity contribution in [2.75, 3.05) is 13.1 Å². The zero-order valence-electron chi connectivity index (χ0n) is 13.1. The Balaban J connectivity index is 1.73. The predicted molar refractivity (Wildman–Crippen MR) is 86.5 cm³/mol. The Labute approximate surface area is 147 Å². The van der Waals surface area contributed by atoms with Crippen LogP contribution in [0.3, 0.4) is 0 Å². The van der Waals surface area contributed by atoms with E-state index in [1.165, 1.54) is 4.40 Å². The number of rotatable bonds is 3. The number of hydrogen-bond acceptors (Lipinski definition) is 7. The number of hydrogen-bond donors (Lipinski definition) is 1. The summed E-state index contributed by atoms with van der Waals surface area (Å²) in [5.41, 5.74) is -1.10. The van der Waals surface area contributed by atoms with Crippen molar-refractivity contribution in [3.63, 3.8) is 0 Å². The Kier molecular flexibility index (Phi) is 3.62. The average molecular weight is 384 g/mol. The summed E-state index contributed by atoms with van der Waals surface area (Å²) in [6, 6.07) is 5.08. The van der Waals surface area contributed by atoms with Crippen LogP contribution >= 0.6 is 11.6 Å². The number of fused-ring (bicyclic) bond motifs is 1. The van der Waals surface area contributed by atoms with Gasteiger partial charge in [0.15, 0.2) is 21.6 Å². The maximum absolute atomic E-state index is 13.1. The van der Waals surface area contributed by atoms with Gasteiger partial charge in [-0.25, -0.2) is 13.4 Å². The number of pyridine rings is 1. The summed E-state index contributed by atoms with van der Waals surface area (Å²) in [4.78, 5) is 8.09. The molecule has 25 heavy (non-hydrogen) atoms. The minimum Gasteiger partial charge on any atom is -0.379 e. The first-order valence-corrected chi connectivity index (χ1v) is 9.29. The van der Waals surface area contributed by atoms with E-state index in [1.807, 2.05) is 0 Å². The number of aryl methyl sites for hydroxylation is 1. The molecule has 132 valence electrons. The smallest absolute Gasteiger partial charge is 0.262 e. The van der Waals surface area contributed by atoms with Crippen molar-refractivity contribution in [1.29, 1.82) is 0 Å². The molecule has 0 amide bonds. The van der Waals surface area contributed by atoms with E-state index in [1.54, 1.807) is 31.3 Å². The highest BCUT2D eigenvalue weighted by atomic mass is 35.5. The Morgan fingerprint density at radius 2 is 2.16 bits per heavy atom. The van der Waals surface area contributed by atoms with Crippen LogP contribution in [0.25, 0.3) is 5.65 Å². The molecule has 3 aromatic heterocycles. The lowest BCUT2D eigenvalue weighted by Crippen LogP contribution is -2.35. The summed E-state index contributed by atoms with van der Waals surface area (Å²) < 4.78 is 33.7. The van der Waals surface area contributed by atoms with E-state index >= 15 is 0 Å². The van der Waals surface area contributed by atoms with Crippen molar-refractivity contribution in [2.24, 2.45) is 0 Å². The summed E-state index contributed by atoms with van der Waals surface area (Å²) in [6.07, 6.45) is 1.72. The van der Waals surface area contributed by atoms with Gasteiger partial charge in [-0.15, -0.1) is 0 Å². The van der Waals surface area contributed by atoms with Crippen LogP contribution in [0.15, 0.2) is 33.9 Å². The largest absolute Gasteiger partial charge is 0.379 e. The topological polar surface area (TPSA) is 114 Å². The van der Waals surface area contributed by atoms with E-state index in [-0.39, 0.29) is 35.6 Å². The fourth-order valence-corrected chi connectivity index (χ4v) is 5.01. The molecule has 1 aliphatic heterocycles. The summed E-state index contributed by atoms with van der Waals surface area (Å²) in [6.45, 7) is 1.52. The fraction of sp³-hybridized carbons (Fsp3) is 0.357. The maximum Gasteiger partial charge on any atom is 0.262 e. The van der Waals surface area contributed by atoms with Crippen molar-refractivity contribution >= 4 is 27.3 Å². The second-order valence-corrected chi connectivity index (χ2v) is 8.11. The van der Waals surface area contributed by atoms with Crippen LogP contribution in [0, 0.1) is 6.92 Å². The number of aromatic nitrogens is 4. The van der Waals surface area contributed by atoms with Crippen LogP contribution in [0.1, 0.15) is 18.1 Å². The molecule has 4 rings (SSSR count). The minimum absolute atomic E-state index is 0.00643. The van der Waals surface area contributed by atoms with Gasteiger partial charge in [0.2, 0.25) is 0 Å². The van der Waals surface area contributed by atoms with E-state index < -0.39 is 15.6 Å². The molecule has 1 aliphatic rings. The van der Waals surface area contributed by atoms with Crippen LogP contribution in [0.4, 0.5) is 0 Å². The lowest BCUT2D eigenvalue weighted by molar-refractivity contribution is 0.0194. The van der Waals surface area contributed by atoms with Gasteiger partial charge in [-0.2, -0.15) is 9.29 Å². The molecule has 1 saturated heterocycles. The Morgan fingerprint density at radius 1 is 1.36 bits per heavy atom. The molecule has 0 unspecified atom stereocenters. The molecule has 4 heterocycles. The Hall–Kier alpha value is -2.01. The maximum atomic E-state index is 13.1. The summed E-state index contributed by atoms with van der Waals surface area (Å²) in [5, 5.41) is 14.1. The zero-order valence-corrected chi connectivity index (χ0v) is 14.7. The standard InChI is InChI=1S/C14H14ClN5O4S/c1-9-16-13(24-18-9)14(21)5-7-19(8-14)25(22,23)12-11(15)17-10-4-2-3-6-20(10)12/h2-4,6,21H,5,7-8H2,1H3/t14-/m1/s1. The average Bonchev–Trinajstić information content (AvgIpc) is 3.24. The molecule has 9 nitrogen and oxygen atoms in total. The monoisotopic (exact) mass is 383 g/mol. The molecular formula is C14H14ClN5O4S. The van der Waals surface area contributed by atoms with Crippen LogP contribution in [0.2, 0.25) is 5.15 Å². The highest BCUT2D eigenvalue weighted by Gasteiger charge is 2.47. The van der Waals surface area contributed by atoms with Crippen molar-refractivity contribution < 1.29 is 18.0 Å². The van der Waals surface area contributed by atoms with Crippen LogP contribution in [-0.4, -0.2) is 50.4 Å². The summed E-state index contributed by atoms with van der Waals surface area (Å²) >= 11 is 6.08. The number of nitrogens with zero attached hydrogens (tertiary/aromatic N) is 5. The second kappa shape index (κ2) is 5.49. The van der Waals surface area contributed by atoms with Gasteiger partial charge in [-0.3, -0.25) is 4.40 Å². The zero-order chi connectivity index (χ0) is 17.8. The van der Waals surface area contributed by atoms with Gasteiger partial charge in [-0.1, -0.05) is 22.8 Å². The van der Waals surface area contributed by atoms with Crippen molar-refractivity contribution in [2.45, 2.75) is 24.0 Å². The normalized spacial score (nSPS) is 22.0. The highest BCUT2D eigenvalue weighted by Crippen LogP contribution is 2.35. The van der Waals surface area contributed by atoms with Crippen molar-refractivity contribution in [3.05, 3.63) is 41.3 Å². The molecule has 0 spiro atoms. The number of halogens is 1. The van der Waals surface area contributed by atoms with Crippen LogP contribution < -0.4 is 0 Å². The molecule has 0 aromatic carbocycles. The molecule has 0 saturated carbocycles. The van der Waals surface area contributed by atoms with Crippen LogP contribution in [0.5, 0.6) is 0 Å². The third-order valence-electron chi connectivity index (χ3n) is 4.17. The van der Waals surface area contributed by atoms with Crippen molar-refractivity contribution in [1.82, 2.24) is 23.8 Å². The van der Waals surface area contributed by atoms with Crippen molar-refractivity contribution in [3.8, 4) is 0 Å². The van der Waals surface area contributed by atoms with E-state index in [0.717, 1.165) is 4.31 Å². The quantitative estimate of drug-likeness (QED) is 0.716. The van der Waals surface area contributed by atoms with Gasteiger partial charge in [0, 0.05) is 19.2 Å². The van der Waals surface area contributed by atoms with E-state index in [4.69, 9.17) is 16.1 Å². The lowest BCUT2D eigenvalue weighted by atomic mass is 10.0. The first-order valence-electron chi connectivity index (χ1n) is 7.47. The summed E-state index contributed by atoms with van der Waals surface area (Å²) in [7, 11) is -3.97. The molecule has 1 N–H and O–H groups in total. The predicted octanol–water partition coefficient (Wildman–Crippen LogP) is 0.961. The van der Waals surface area contributed by atoms with Crippen LogP contribution in [-0.2, 0) is 15.6 Å². The number of sulfonamides is 1. The molecule has 3 aromatic rings. The van der Waals surface area contributed by atoms with Gasteiger partial charge in [0.05, 0.1) is 6.54 Å². The Morgan fingerprint density at radius 3 is 2.88 bits per heavy atom. The first kappa shape index (κ1) is 16.5. The third-order valence-corrected chi connectivity index (χ3v) is 6.41. The highest BCUT2D eigenvalue weighted by molar-refractivity contribution is 7.89. The molecule has 1 fully saturated rings. The second-order valence-electron chi connectivity index (χ2n) is 5.90. The van der Waals surface area contributed by atoms with Gasteiger partial charge < -0.3 is 9.63 Å². The molecule has 1 atom stereocenters. The SMILES string of the molecule is Cc1noc([C@@]2(O)CCN(S(=O)(=O)c3c(Cl)nc4ccccn34)C2)n1. The van der Waals surface area contributed by atoms with Gasteiger partial charge in [0.1, 0.15) is 5.65 Å².